The Hall–Kier alpha value is -2.42. The monoisotopic (exact) mass is 329 g/mol. The van der Waals surface area contributed by atoms with Crippen LogP contribution in [0.15, 0.2) is 28.8 Å². The molecule has 0 aliphatic carbocycles. The predicted octanol–water partition coefficient (Wildman–Crippen LogP) is 2.02. The fourth-order valence-corrected chi connectivity index (χ4v) is 1.71. The first-order valence-corrected chi connectivity index (χ1v) is 6.65. The Kier molecular flexibility index (Phi) is 4.99. The van der Waals surface area contributed by atoms with Crippen LogP contribution in [0.5, 0.6) is 0 Å². The van der Waals surface area contributed by atoms with Gasteiger partial charge in [-0.25, -0.2) is 4.79 Å². The maximum Gasteiger partial charge on any atom is 0.490 e. The van der Waals surface area contributed by atoms with Crippen LogP contribution in [-0.4, -0.2) is 34.9 Å². The molecule has 0 amide bonds. The van der Waals surface area contributed by atoms with Crippen molar-refractivity contribution in [3.8, 4) is 11.4 Å². The van der Waals surface area contributed by atoms with E-state index < -0.39 is 24.8 Å². The quantitative estimate of drug-likeness (QED) is 0.844. The van der Waals surface area contributed by atoms with Gasteiger partial charge in [-0.15, -0.1) is 0 Å². The van der Waals surface area contributed by atoms with Gasteiger partial charge in [0.15, 0.2) is 0 Å². The van der Waals surface area contributed by atoms with E-state index in [1.54, 1.807) is 0 Å². The Balaban J connectivity index is 1.91. The molecule has 0 fully saturated rings. The molecule has 2 N–H and O–H groups in total. The van der Waals surface area contributed by atoms with Gasteiger partial charge in [0, 0.05) is 18.0 Å². The number of rotatable bonds is 5. The zero-order valence-corrected chi connectivity index (χ0v) is 12.1. The van der Waals surface area contributed by atoms with Gasteiger partial charge in [-0.05, 0) is 6.92 Å². The number of alkyl halides is 3. The van der Waals surface area contributed by atoms with Gasteiger partial charge in [-0.2, -0.15) is 18.2 Å². The zero-order chi connectivity index (χ0) is 17.0. The maximum atomic E-state index is 12.0. The van der Waals surface area contributed by atoms with E-state index in [1.165, 1.54) is 0 Å². The van der Waals surface area contributed by atoms with Crippen molar-refractivity contribution in [2.75, 3.05) is 6.61 Å². The molecule has 0 unspecified atom stereocenters. The van der Waals surface area contributed by atoms with Crippen LogP contribution < -0.4 is 5.73 Å². The summed E-state index contributed by atoms with van der Waals surface area (Å²) in [5, 5.41) is 3.77. The van der Waals surface area contributed by atoms with E-state index in [9.17, 15) is 18.0 Å². The number of carbonyl (C=O) groups excluding carboxylic acids is 1. The normalized spacial score (nSPS) is 12.9. The Morgan fingerprint density at radius 2 is 2.00 bits per heavy atom. The number of esters is 1. The van der Waals surface area contributed by atoms with Gasteiger partial charge in [-0.3, -0.25) is 0 Å². The minimum absolute atomic E-state index is 0.00992. The molecule has 2 rings (SSSR count). The fourth-order valence-electron chi connectivity index (χ4n) is 1.71. The van der Waals surface area contributed by atoms with Crippen molar-refractivity contribution in [3.63, 3.8) is 0 Å². The summed E-state index contributed by atoms with van der Waals surface area (Å²) in [6.45, 7) is 1.34. The van der Waals surface area contributed by atoms with Gasteiger partial charge >= 0.3 is 12.1 Å². The van der Waals surface area contributed by atoms with E-state index in [0.29, 0.717) is 5.82 Å². The molecular formula is C14H14F3N3O3. The van der Waals surface area contributed by atoms with Crippen LogP contribution in [0.25, 0.3) is 11.4 Å². The number of halogens is 3. The molecule has 2 aromatic rings. The van der Waals surface area contributed by atoms with Gasteiger partial charge < -0.3 is 15.0 Å². The van der Waals surface area contributed by atoms with E-state index in [-0.39, 0.29) is 12.3 Å². The second-order valence-corrected chi connectivity index (χ2v) is 4.94. The molecule has 1 heterocycles. The summed E-state index contributed by atoms with van der Waals surface area (Å²) in [6, 6.07) is 6.51. The molecule has 0 spiro atoms. The summed E-state index contributed by atoms with van der Waals surface area (Å²) in [5.41, 5.74) is 7.41. The first-order chi connectivity index (χ1) is 10.8. The van der Waals surface area contributed by atoms with Crippen LogP contribution in [0.4, 0.5) is 13.2 Å². The molecule has 0 saturated heterocycles. The Labute approximate surface area is 129 Å². The number of aromatic nitrogens is 2. The molecule has 0 bridgehead atoms. The third-order valence-corrected chi connectivity index (χ3v) is 2.87. The predicted molar refractivity (Wildman–Crippen MR) is 73.2 cm³/mol. The molecule has 0 aliphatic heterocycles. The number of hydrogen-bond donors (Lipinski definition) is 1. The molecule has 0 radical (unpaired) electrons. The average molecular weight is 329 g/mol. The highest BCUT2D eigenvalue weighted by molar-refractivity contribution is 5.75. The van der Waals surface area contributed by atoms with Gasteiger partial charge in [0.2, 0.25) is 11.7 Å². The first-order valence-electron chi connectivity index (χ1n) is 6.65. The number of carbonyl (C=O) groups is 1. The number of hydrogen-bond acceptors (Lipinski definition) is 6. The van der Waals surface area contributed by atoms with E-state index in [2.05, 4.69) is 14.9 Å². The standard InChI is InChI=1S/C14H14F3N3O3/c1-8-2-4-9(5-3-8)12-19-11(23-20-12)6-10(18)7-22-13(21)14(15,16)17/h2-5,10H,6-7,18H2,1H3/t10-/m1/s1. The lowest BCUT2D eigenvalue weighted by Gasteiger charge is -2.11. The highest BCUT2D eigenvalue weighted by atomic mass is 19.4. The van der Waals surface area contributed by atoms with Crippen molar-refractivity contribution in [2.45, 2.75) is 25.6 Å². The summed E-state index contributed by atoms with van der Waals surface area (Å²) in [5.74, 6) is -1.78. The summed E-state index contributed by atoms with van der Waals surface area (Å²) in [6.07, 6.45) is -5.05. The third-order valence-electron chi connectivity index (χ3n) is 2.87. The van der Waals surface area contributed by atoms with Crippen molar-refractivity contribution >= 4 is 5.97 Å². The number of ether oxygens (including phenoxy) is 1. The van der Waals surface area contributed by atoms with E-state index >= 15 is 0 Å². The zero-order valence-electron chi connectivity index (χ0n) is 12.1. The second-order valence-electron chi connectivity index (χ2n) is 4.94. The van der Waals surface area contributed by atoms with Crippen LogP contribution in [0.2, 0.25) is 0 Å². The molecule has 0 aliphatic rings. The molecule has 23 heavy (non-hydrogen) atoms. The average Bonchev–Trinajstić information content (AvgIpc) is 2.93. The van der Waals surface area contributed by atoms with Crippen molar-refractivity contribution in [1.29, 1.82) is 0 Å². The molecule has 1 atom stereocenters. The maximum absolute atomic E-state index is 12.0. The summed E-state index contributed by atoms with van der Waals surface area (Å²) >= 11 is 0. The highest BCUT2D eigenvalue weighted by Gasteiger charge is 2.41. The van der Waals surface area contributed by atoms with Gasteiger partial charge in [0.25, 0.3) is 0 Å². The third kappa shape index (κ3) is 4.78. The molecular weight excluding hydrogens is 315 g/mol. The number of aryl methyl sites for hydroxylation is 1. The second kappa shape index (κ2) is 6.78. The van der Waals surface area contributed by atoms with Crippen LogP contribution in [0, 0.1) is 6.92 Å². The van der Waals surface area contributed by atoms with Gasteiger partial charge in [0.1, 0.15) is 6.61 Å². The number of nitrogens with two attached hydrogens (primary N) is 1. The summed E-state index contributed by atoms with van der Waals surface area (Å²) in [4.78, 5) is 14.7. The lowest BCUT2D eigenvalue weighted by Crippen LogP contribution is -2.34. The van der Waals surface area contributed by atoms with Crippen LogP contribution >= 0.6 is 0 Å². The number of benzene rings is 1. The van der Waals surface area contributed by atoms with E-state index in [4.69, 9.17) is 10.3 Å². The Bertz CT molecular complexity index is 668. The van der Waals surface area contributed by atoms with Crippen molar-refractivity contribution in [3.05, 3.63) is 35.7 Å². The number of nitrogens with zero attached hydrogens (tertiary/aromatic N) is 2. The van der Waals surface area contributed by atoms with Crippen LogP contribution in [0.3, 0.4) is 0 Å². The van der Waals surface area contributed by atoms with Gasteiger partial charge in [0.05, 0.1) is 0 Å². The molecule has 1 aromatic heterocycles. The molecule has 124 valence electrons. The minimum Gasteiger partial charge on any atom is -0.457 e. The topological polar surface area (TPSA) is 91.2 Å². The van der Waals surface area contributed by atoms with Crippen molar-refractivity contribution in [2.24, 2.45) is 5.73 Å². The van der Waals surface area contributed by atoms with E-state index in [0.717, 1.165) is 11.1 Å². The summed E-state index contributed by atoms with van der Waals surface area (Å²) < 4.78 is 45.0. The first kappa shape index (κ1) is 16.9. The smallest absolute Gasteiger partial charge is 0.457 e. The lowest BCUT2D eigenvalue weighted by molar-refractivity contribution is -0.200. The summed E-state index contributed by atoms with van der Waals surface area (Å²) in [7, 11) is 0. The SMILES string of the molecule is Cc1ccc(-c2noc(C[C@@H](N)COC(=O)C(F)(F)F)n2)cc1. The molecule has 6 nitrogen and oxygen atoms in total. The molecule has 0 saturated carbocycles. The lowest BCUT2D eigenvalue weighted by atomic mass is 10.1. The van der Waals surface area contributed by atoms with Crippen LogP contribution in [-0.2, 0) is 16.0 Å². The highest BCUT2D eigenvalue weighted by Crippen LogP contribution is 2.18. The molecule has 9 heteroatoms. The molecule has 1 aromatic carbocycles. The Morgan fingerprint density at radius 1 is 1.35 bits per heavy atom. The van der Waals surface area contributed by atoms with Gasteiger partial charge in [-0.1, -0.05) is 35.0 Å². The fraction of sp³-hybridized carbons (Fsp3) is 0.357. The van der Waals surface area contributed by atoms with Crippen molar-refractivity contribution < 1.29 is 27.2 Å². The Morgan fingerprint density at radius 3 is 2.61 bits per heavy atom. The largest absolute Gasteiger partial charge is 0.490 e. The minimum atomic E-state index is -5.04. The van der Waals surface area contributed by atoms with E-state index in [1.807, 2.05) is 31.2 Å². The van der Waals surface area contributed by atoms with Crippen LogP contribution in [0.1, 0.15) is 11.5 Å². The van der Waals surface area contributed by atoms with Crippen molar-refractivity contribution in [1.82, 2.24) is 10.1 Å².